The Kier molecular flexibility index (Phi) is 8.84. The predicted molar refractivity (Wildman–Crippen MR) is 240 cm³/mol. The van der Waals surface area contributed by atoms with E-state index in [0.717, 1.165) is 29.3 Å². The number of aromatic amines is 1. The number of ether oxygens (including phenoxy) is 1. The monoisotopic (exact) mass is 912 g/mol. The molecule has 3 aliphatic heterocycles. The van der Waals surface area contributed by atoms with E-state index in [9.17, 15) is 9.59 Å². The molecule has 344 valence electrons. The number of benzene rings is 3. The summed E-state index contributed by atoms with van der Waals surface area (Å²) in [5.41, 5.74) is 2.11. The van der Waals surface area contributed by atoms with Crippen LogP contribution in [0.25, 0.3) is 39.0 Å². The van der Waals surface area contributed by atoms with Crippen LogP contribution < -0.4 is 11.4 Å². The van der Waals surface area contributed by atoms with E-state index in [1.54, 1.807) is 44.0 Å². The lowest BCUT2D eigenvalue weighted by atomic mass is 9.83. The van der Waals surface area contributed by atoms with Crippen LogP contribution in [0, 0.1) is 31.4 Å². The first kappa shape index (κ1) is 41.5. The van der Waals surface area contributed by atoms with Gasteiger partial charge in [-0.25, -0.2) is 27.4 Å². The lowest BCUT2D eigenvalue weighted by Gasteiger charge is -2.37. The summed E-state index contributed by atoms with van der Waals surface area (Å²) >= 11 is 0. The van der Waals surface area contributed by atoms with Gasteiger partial charge < -0.3 is 14.2 Å². The zero-order valence-electron chi connectivity index (χ0n) is 37.7. The molecule has 15 nitrogen and oxygen atoms in total. The van der Waals surface area contributed by atoms with Gasteiger partial charge in [0, 0.05) is 42.5 Å². The highest BCUT2D eigenvalue weighted by molar-refractivity contribution is 6.00. The van der Waals surface area contributed by atoms with Gasteiger partial charge in [0.2, 0.25) is 0 Å². The van der Waals surface area contributed by atoms with Crippen LogP contribution in [-0.4, -0.2) is 72.5 Å². The number of hydrogen-bond acceptors (Lipinski definition) is 8. The molecule has 12 rings (SSSR count). The molecular formula is C49H47F3N10O5. The minimum absolute atomic E-state index is 0.0213. The molecule has 5 aromatic heterocycles. The summed E-state index contributed by atoms with van der Waals surface area (Å²) in [4.78, 5) is 47.4. The second kappa shape index (κ2) is 14.3. The normalized spacial score (nSPS) is 24.3. The maximum Gasteiger partial charge on any atom is 0.438 e. The highest BCUT2D eigenvalue weighted by atomic mass is 19.1. The van der Waals surface area contributed by atoms with Gasteiger partial charge in [0.15, 0.2) is 17.8 Å². The number of halogens is 3. The summed E-state index contributed by atoms with van der Waals surface area (Å²) in [5, 5.41) is 14.2. The molecule has 0 radical (unpaired) electrons. The highest BCUT2D eigenvalue weighted by Crippen LogP contribution is 2.57. The topological polar surface area (TPSA) is 156 Å². The molecule has 3 fully saturated rings. The molecular weight excluding hydrogens is 866 g/mol. The number of aromatic nitrogens is 9. The zero-order valence-corrected chi connectivity index (χ0v) is 37.7. The van der Waals surface area contributed by atoms with Crippen molar-refractivity contribution in [1.82, 2.24) is 48.3 Å². The molecule has 1 N–H and O–H groups in total. The van der Waals surface area contributed by atoms with E-state index in [2.05, 4.69) is 41.2 Å². The number of carbonyl (C=O) groups is 1. The van der Waals surface area contributed by atoms with Crippen molar-refractivity contribution in [2.75, 3.05) is 6.61 Å². The molecule has 6 atom stereocenters. The second-order valence-electron chi connectivity index (χ2n) is 19.6. The van der Waals surface area contributed by atoms with E-state index in [4.69, 9.17) is 14.4 Å². The van der Waals surface area contributed by atoms with Crippen LogP contribution in [0.15, 0.2) is 81.2 Å². The minimum atomic E-state index is -1.79. The molecule has 8 aromatic rings. The van der Waals surface area contributed by atoms with Gasteiger partial charge in [-0.2, -0.15) is 10.2 Å². The Hall–Kier alpha value is -6.95. The lowest BCUT2D eigenvalue weighted by Crippen LogP contribution is -2.45. The predicted octanol–water partition coefficient (Wildman–Crippen LogP) is 8.05. The van der Waals surface area contributed by atoms with Crippen molar-refractivity contribution < 1.29 is 27.2 Å². The SMILES string of the molecule is Cc1cc(-n2nc3c(c2-n2ccn(-c4ccc5c(cnn5C)c4F)c2=O)[C@@H]2CC[C@H](C3F)N2C(=O)c2cc3cc([C@H]4CCOC(C)(C)C4)ccc3n2[C@@]2(c3noc(=O)[nH]3)C[C@@H]2C)cc(C)c1F. The molecule has 1 unspecified atom stereocenters. The molecule has 67 heavy (non-hydrogen) atoms. The van der Waals surface area contributed by atoms with Crippen molar-refractivity contribution in [3.8, 4) is 17.2 Å². The van der Waals surface area contributed by atoms with Crippen LogP contribution in [-0.2, 0) is 17.3 Å². The van der Waals surface area contributed by atoms with Crippen molar-refractivity contribution in [3.05, 3.63) is 139 Å². The average molecular weight is 913 g/mol. The molecule has 1 aliphatic carbocycles. The van der Waals surface area contributed by atoms with E-state index in [1.165, 1.54) is 43.2 Å². The number of rotatable bonds is 7. The summed E-state index contributed by atoms with van der Waals surface area (Å²) in [6.45, 7) is 10.0. The number of alkyl halides is 1. The van der Waals surface area contributed by atoms with Crippen molar-refractivity contribution in [1.29, 1.82) is 0 Å². The number of nitrogens with zero attached hydrogens (tertiary/aromatic N) is 9. The van der Waals surface area contributed by atoms with Crippen LogP contribution in [0.2, 0.25) is 0 Å². The fraction of sp³-hybridized carbons (Fsp3) is 0.388. The molecule has 18 heteroatoms. The van der Waals surface area contributed by atoms with Gasteiger partial charge in [0.1, 0.15) is 28.6 Å². The van der Waals surface area contributed by atoms with E-state index >= 15 is 18.0 Å². The van der Waals surface area contributed by atoms with Crippen molar-refractivity contribution in [2.24, 2.45) is 13.0 Å². The largest absolute Gasteiger partial charge is 0.438 e. The van der Waals surface area contributed by atoms with Crippen LogP contribution in [0.5, 0.6) is 0 Å². The van der Waals surface area contributed by atoms with Crippen molar-refractivity contribution >= 4 is 27.7 Å². The Morgan fingerprint density at radius 2 is 1.67 bits per heavy atom. The molecule has 8 heterocycles. The number of aryl methyl sites for hydroxylation is 3. The fourth-order valence-electron chi connectivity index (χ4n) is 11.7. The maximum absolute atomic E-state index is 17.7. The van der Waals surface area contributed by atoms with Crippen molar-refractivity contribution in [3.63, 3.8) is 0 Å². The smallest absolute Gasteiger partial charge is 0.376 e. The molecule has 1 saturated carbocycles. The van der Waals surface area contributed by atoms with Gasteiger partial charge in [-0.3, -0.25) is 28.1 Å². The lowest BCUT2D eigenvalue weighted by molar-refractivity contribution is -0.0592. The number of fused-ring (bicyclic) bond motifs is 6. The summed E-state index contributed by atoms with van der Waals surface area (Å²) in [6, 6.07) is 12.7. The third kappa shape index (κ3) is 5.93. The molecule has 4 aliphatic rings. The third-order valence-electron chi connectivity index (χ3n) is 15.0. The Labute approximate surface area is 380 Å². The number of H-pyrrole nitrogens is 1. The first-order valence-electron chi connectivity index (χ1n) is 22.7. The molecule has 1 amide bonds. The van der Waals surface area contributed by atoms with E-state index in [-0.39, 0.29) is 51.5 Å². The summed E-state index contributed by atoms with van der Waals surface area (Å²) in [7, 11) is 1.69. The van der Waals surface area contributed by atoms with E-state index < -0.39 is 52.8 Å². The second-order valence-corrected chi connectivity index (χ2v) is 19.6. The first-order chi connectivity index (χ1) is 32.1. The fourth-order valence-corrected chi connectivity index (χ4v) is 11.7. The zero-order chi connectivity index (χ0) is 46.6. The van der Waals surface area contributed by atoms with Gasteiger partial charge in [0.05, 0.1) is 46.2 Å². The Morgan fingerprint density at radius 3 is 2.39 bits per heavy atom. The van der Waals surface area contributed by atoms with Crippen molar-refractivity contribution in [2.45, 2.75) is 102 Å². The quantitative estimate of drug-likeness (QED) is 0.168. The van der Waals surface area contributed by atoms with E-state index in [1.807, 2.05) is 23.6 Å². The van der Waals surface area contributed by atoms with Gasteiger partial charge >= 0.3 is 11.4 Å². The van der Waals surface area contributed by atoms with Crippen LogP contribution >= 0.6 is 0 Å². The highest BCUT2D eigenvalue weighted by Gasteiger charge is 2.60. The Morgan fingerprint density at radius 1 is 0.925 bits per heavy atom. The Balaban J connectivity index is 1.04. The van der Waals surface area contributed by atoms with Gasteiger partial charge in [-0.15, -0.1) is 0 Å². The van der Waals surface area contributed by atoms with Crippen LogP contribution in [0.1, 0.15) is 115 Å². The molecule has 2 bridgehead atoms. The number of hydrogen-bond donors (Lipinski definition) is 1. The summed E-state index contributed by atoms with van der Waals surface area (Å²) in [6.07, 6.45) is 5.36. The van der Waals surface area contributed by atoms with Gasteiger partial charge in [0.25, 0.3) is 5.91 Å². The minimum Gasteiger partial charge on any atom is -0.376 e. The molecule has 2 saturated heterocycles. The number of amides is 1. The third-order valence-corrected chi connectivity index (χ3v) is 15.0. The van der Waals surface area contributed by atoms with Crippen LogP contribution in [0.4, 0.5) is 13.2 Å². The maximum atomic E-state index is 17.7. The summed E-state index contributed by atoms with van der Waals surface area (Å²) < 4.78 is 67.5. The number of carbonyl (C=O) groups excluding carboxylic acids is 1. The standard InChI is InChI=1S/C49H47F3N10O5/c1-24-17-30(18-25(2)39(24)50)62-43(59-15-14-58(47(59)65)35-11-9-33-31(40(35)51)23-53-57(33)6)38-34-10-12-36(41(52)42(38)55-62)60(34)44(63)37-20-29-19-27(28-13-16-66-48(4,5)22-28)7-8-32(29)61(37)49(21-26(49)3)45-54-46(64)67-56-45/h7-9,11,14-15,17-20,23,26,28,34,36,41H,10,12-13,16,21-22H2,1-6H3,(H,54,56,64)/t26-,28-,34-,36+,41?,49-/m0/s1. The molecule has 0 spiro atoms. The van der Waals surface area contributed by atoms with Crippen LogP contribution in [0.3, 0.4) is 0 Å². The van der Waals surface area contributed by atoms with Gasteiger partial charge in [-0.1, -0.05) is 18.1 Å². The summed E-state index contributed by atoms with van der Waals surface area (Å²) in [5.74, 6) is -1.65. The number of imidazole rings is 1. The molecule has 3 aromatic carbocycles. The average Bonchev–Trinajstić information content (AvgIpc) is 4.02. The van der Waals surface area contributed by atoms with E-state index in [0.29, 0.717) is 53.8 Å². The Bertz CT molecular complexity index is 3490. The first-order valence-corrected chi connectivity index (χ1v) is 22.7. The number of nitrogens with one attached hydrogen (secondary N) is 1. The van der Waals surface area contributed by atoms with Gasteiger partial charge in [-0.05, 0) is 131 Å².